The molecular weight excluding hydrogens is 114 g/mol. The fourth-order valence-corrected chi connectivity index (χ4v) is 1.20. The summed E-state index contributed by atoms with van der Waals surface area (Å²) < 4.78 is 0. The van der Waals surface area contributed by atoms with E-state index in [1.165, 1.54) is 0 Å². The van der Waals surface area contributed by atoms with E-state index in [9.17, 15) is 4.79 Å². The molecule has 0 bridgehead atoms. The smallest absolute Gasteiger partial charge is 0.149 e. The Bertz CT molecular complexity index is 111. The number of carbonyl (C=O) groups is 1. The molecule has 52 valence electrons. The highest BCUT2D eigenvalue weighted by atomic mass is 16.1. The lowest BCUT2D eigenvalue weighted by atomic mass is 10.0. The number of carbonyl (C=O) groups excluding carboxylic acids is 1. The summed E-state index contributed by atoms with van der Waals surface area (Å²) >= 11 is 0. The van der Waals surface area contributed by atoms with Crippen LogP contribution in [0.1, 0.15) is 26.2 Å². The summed E-state index contributed by atoms with van der Waals surface area (Å²) in [7, 11) is 0. The molecule has 1 N–H and O–H groups in total. The molecular formula is C7H13NO. The third kappa shape index (κ3) is 1.52. The minimum absolute atomic E-state index is 0.166. The van der Waals surface area contributed by atoms with E-state index in [0.717, 1.165) is 25.8 Å². The molecule has 9 heavy (non-hydrogen) atoms. The number of hydrogen-bond acceptors (Lipinski definition) is 2. The van der Waals surface area contributed by atoms with Gasteiger partial charge in [0.15, 0.2) is 0 Å². The summed E-state index contributed by atoms with van der Waals surface area (Å²) in [6.45, 7) is 3.06. The van der Waals surface area contributed by atoms with Gasteiger partial charge in [0.25, 0.3) is 0 Å². The van der Waals surface area contributed by atoms with Crippen LogP contribution in [0, 0.1) is 0 Å². The van der Waals surface area contributed by atoms with Crippen LogP contribution >= 0.6 is 0 Å². The third-order valence-corrected chi connectivity index (χ3v) is 1.79. The molecule has 0 aromatic heterocycles. The minimum Gasteiger partial charge on any atom is -0.307 e. The average Bonchev–Trinajstić information content (AvgIpc) is 1.89. The predicted octanol–water partition coefficient (Wildman–Crippen LogP) is 0.717. The zero-order chi connectivity index (χ0) is 6.69. The summed E-state index contributed by atoms with van der Waals surface area (Å²) in [5.74, 6) is 0.392. The fourth-order valence-electron chi connectivity index (χ4n) is 1.20. The number of nitrogens with one attached hydrogen (secondary N) is 1. The number of Topliss-reactive ketones (excluding diaryl/α,β-unsaturated/α-hetero) is 1. The molecule has 1 heterocycles. The summed E-state index contributed by atoms with van der Waals surface area (Å²) in [6, 6.07) is 0.166. The van der Waals surface area contributed by atoms with E-state index in [1.807, 2.05) is 6.92 Å². The van der Waals surface area contributed by atoms with Crippen molar-refractivity contribution in [3.63, 3.8) is 0 Å². The maximum atomic E-state index is 11.0. The van der Waals surface area contributed by atoms with Crippen molar-refractivity contribution in [3.8, 4) is 0 Å². The molecule has 1 aliphatic heterocycles. The summed E-state index contributed by atoms with van der Waals surface area (Å²) in [5, 5.41) is 3.17. The third-order valence-electron chi connectivity index (χ3n) is 1.79. The van der Waals surface area contributed by atoms with Crippen molar-refractivity contribution < 1.29 is 4.79 Å². The molecule has 1 fully saturated rings. The first-order chi connectivity index (χ1) is 4.34. The fraction of sp³-hybridized carbons (Fsp3) is 0.857. The van der Waals surface area contributed by atoms with Gasteiger partial charge in [-0.3, -0.25) is 4.79 Å². The SMILES string of the molecule is CC[C@H]1NCCCC1=O. The van der Waals surface area contributed by atoms with Gasteiger partial charge in [-0.05, 0) is 19.4 Å². The Labute approximate surface area is 55.6 Å². The first-order valence-electron chi connectivity index (χ1n) is 3.60. The molecule has 0 radical (unpaired) electrons. The summed E-state index contributed by atoms with van der Waals surface area (Å²) in [6.07, 6.45) is 2.75. The maximum absolute atomic E-state index is 11.0. The highest BCUT2D eigenvalue weighted by Crippen LogP contribution is 2.04. The summed E-state index contributed by atoms with van der Waals surface area (Å²) in [4.78, 5) is 11.0. The Morgan fingerprint density at radius 1 is 1.78 bits per heavy atom. The second kappa shape index (κ2) is 2.97. The first-order valence-corrected chi connectivity index (χ1v) is 3.60. The zero-order valence-electron chi connectivity index (χ0n) is 5.81. The molecule has 2 heteroatoms. The highest BCUT2D eigenvalue weighted by molar-refractivity contribution is 5.84. The van der Waals surface area contributed by atoms with Gasteiger partial charge >= 0.3 is 0 Å². The molecule has 0 unspecified atom stereocenters. The van der Waals surface area contributed by atoms with Crippen LogP contribution in [0.4, 0.5) is 0 Å². The van der Waals surface area contributed by atoms with Gasteiger partial charge in [0, 0.05) is 6.42 Å². The van der Waals surface area contributed by atoms with Crippen LogP contribution in [-0.2, 0) is 4.79 Å². The van der Waals surface area contributed by atoms with E-state index in [2.05, 4.69) is 5.32 Å². The van der Waals surface area contributed by atoms with Gasteiger partial charge in [0.1, 0.15) is 5.78 Å². The van der Waals surface area contributed by atoms with Crippen LogP contribution < -0.4 is 5.32 Å². The van der Waals surface area contributed by atoms with Gasteiger partial charge in [-0.15, -0.1) is 0 Å². The molecule has 1 rings (SSSR count). The molecule has 1 saturated heterocycles. The van der Waals surface area contributed by atoms with E-state index in [4.69, 9.17) is 0 Å². The topological polar surface area (TPSA) is 29.1 Å². The van der Waals surface area contributed by atoms with Gasteiger partial charge < -0.3 is 5.32 Å². The summed E-state index contributed by atoms with van der Waals surface area (Å²) in [5.41, 5.74) is 0. The van der Waals surface area contributed by atoms with Crippen molar-refractivity contribution in [2.24, 2.45) is 0 Å². The molecule has 0 amide bonds. The Kier molecular flexibility index (Phi) is 2.22. The molecule has 0 aromatic carbocycles. The normalized spacial score (nSPS) is 28.6. The maximum Gasteiger partial charge on any atom is 0.149 e. The second-order valence-electron chi connectivity index (χ2n) is 2.48. The van der Waals surface area contributed by atoms with E-state index in [1.54, 1.807) is 0 Å². The van der Waals surface area contributed by atoms with E-state index >= 15 is 0 Å². The molecule has 1 aliphatic rings. The van der Waals surface area contributed by atoms with Gasteiger partial charge in [-0.1, -0.05) is 6.92 Å². The zero-order valence-corrected chi connectivity index (χ0v) is 5.81. The molecule has 1 atom stereocenters. The van der Waals surface area contributed by atoms with Crippen LogP contribution in [0.15, 0.2) is 0 Å². The number of piperidine rings is 1. The van der Waals surface area contributed by atoms with Gasteiger partial charge in [0.05, 0.1) is 6.04 Å². The lowest BCUT2D eigenvalue weighted by molar-refractivity contribution is -0.122. The number of hydrogen-bond donors (Lipinski definition) is 1. The standard InChI is InChI=1S/C7H13NO/c1-2-6-7(9)4-3-5-8-6/h6,8H,2-5H2,1H3/t6-/m1/s1. The van der Waals surface area contributed by atoms with Gasteiger partial charge in [-0.2, -0.15) is 0 Å². The van der Waals surface area contributed by atoms with Crippen LogP contribution in [0.3, 0.4) is 0 Å². The van der Waals surface area contributed by atoms with Crippen LogP contribution in [0.2, 0.25) is 0 Å². The monoisotopic (exact) mass is 127 g/mol. The second-order valence-corrected chi connectivity index (χ2v) is 2.48. The van der Waals surface area contributed by atoms with Crippen molar-refractivity contribution in [2.45, 2.75) is 32.2 Å². The van der Waals surface area contributed by atoms with Crippen molar-refractivity contribution in [1.82, 2.24) is 5.32 Å². The Balaban J connectivity index is 2.39. The van der Waals surface area contributed by atoms with Crippen molar-refractivity contribution >= 4 is 5.78 Å². The van der Waals surface area contributed by atoms with Gasteiger partial charge in [0.2, 0.25) is 0 Å². The molecule has 0 spiro atoms. The van der Waals surface area contributed by atoms with Gasteiger partial charge in [-0.25, -0.2) is 0 Å². The minimum atomic E-state index is 0.166. The quantitative estimate of drug-likeness (QED) is 0.562. The van der Waals surface area contributed by atoms with E-state index < -0.39 is 0 Å². The van der Waals surface area contributed by atoms with Crippen molar-refractivity contribution in [2.75, 3.05) is 6.54 Å². The Morgan fingerprint density at radius 2 is 2.56 bits per heavy atom. The molecule has 2 nitrogen and oxygen atoms in total. The largest absolute Gasteiger partial charge is 0.307 e. The lowest BCUT2D eigenvalue weighted by Gasteiger charge is -2.20. The molecule has 0 saturated carbocycles. The highest BCUT2D eigenvalue weighted by Gasteiger charge is 2.18. The van der Waals surface area contributed by atoms with Crippen molar-refractivity contribution in [1.29, 1.82) is 0 Å². The van der Waals surface area contributed by atoms with Crippen LogP contribution in [0.25, 0.3) is 0 Å². The molecule has 0 aromatic rings. The lowest BCUT2D eigenvalue weighted by Crippen LogP contribution is -2.40. The number of ketones is 1. The predicted molar refractivity (Wildman–Crippen MR) is 36.3 cm³/mol. The Hall–Kier alpha value is -0.370. The van der Waals surface area contributed by atoms with Crippen LogP contribution in [-0.4, -0.2) is 18.4 Å². The average molecular weight is 127 g/mol. The molecule has 0 aliphatic carbocycles. The van der Waals surface area contributed by atoms with Crippen molar-refractivity contribution in [3.05, 3.63) is 0 Å². The Morgan fingerprint density at radius 3 is 3.00 bits per heavy atom. The van der Waals surface area contributed by atoms with E-state index in [-0.39, 0.29) is 6.04 Å². The van der Waals surface area contributed by atoms with Crippen LogP contribution in [0.5, 0.6) is 0 Å². The first kappa shape index (κ1) is 6.75. The number of rotatable bonds is 1. The van der Waals surface area contributed by atoms with E-state index in [0.29, 0.717) is 5.78 Å².